The molecule has 9 heteroatoms. The first-order valence-corrected chi connectivity index (χ1v) is 15.5. The van der Waals surface area contributed by atoms with Crippen LogP contribution in [0.4, 0.5) is 5.69 Å². The van der Waals surface area contributed by atoms with Gasteiger partial charge in [-0.2, -0.15) is 0 Å². The molecule has 0 radical (unpaired) electrons. The van der Waals surface area contributed by atoms with Gasteiger partial charge in [-0.05, 0) is 73.7 Å². The fourth-order valence-electron chi connectivity index (χ4n) is 4.28. The lowest BCUT2D eigenvalue weighted by Gasteiger charge is -2.34. The van der Waals surface area contributed by atoms with E-state index < -0.39 is 28.5 Å². The zero-order valence-electron chi connectivity index (χ0n) is 23.7. The average molecular weight is 584 g/mol. The Bertz CT molecular complexity index is 1410. The first-order chi connectivity index (χ1) is 18.9. The minimum atomic E-state index is -3.81. The van der Waals surface area contributed by atoms with Gasteiger partial charge >= 0.3 is 0 Å². The molecule has 3 rings (SSSR count). The smallest absolute Gasteiger partial charge is 0.244 e. The van der Waals surface area contributed by atoms with Gasteiger partial charge in [-0.25, -0.2) is 8.42 Å². The second-order valence-electron chi connectivity index (χ2n) is 10.2. The van der Waals surface area contributed by atoms with Gasteiger partial charge in [0, 0.05) is 24.0 Å². The molecule has 0 aliphatic rings. The third-order valence-electron chi connectivity index (χ3n) is 7.00. The molecule has 40 heavy (non-hydrogen) atoms. The van der Waals surface area contributed by atoms with Crippen LogP contribution in [0.15, 0.2) is 72.8 Å². The topological polar surface area (TPSA) is 86.8 Å². The maximum Gasteiger partial charge on any atom is 0.244 e. The molecule has 3 aromatic carbocycles. The number of rotatable bonds is 12. The lowest BCUT2D eigenvalue weighted by molar-refractivity contribution is -0.140. The number of halogens is 1. The molecule has 0 saturated carbocycles. The molecule has 0 bridgehead atoms. The van der Waals surface area contributed by atoms with Gasteiger partial charge in [-0.1, -0.05) is 67.1 Å². The van der Waals surface area contributed by atoms with Crippen LogP contribution < -0.4 is 9.62 Å². The molecule has 0 heterocycles. The van der Waals surface area contributed by atoms with Gasteiger partial charge in [-0.3, -0.25) is 13.9 Å². The van der Waals surface area contributed by atoms with Gasteiger partial charge in [0.2, 0.25) is 21.8 Å². The molecule has 7 nitrogen and oxygen atoms in total. The summed E-state index contributed by atoms with van der Waals surface area (Å²) in [5, 5.41) is 3.57. The molecular weight excluding hydrogens is 546 g/mol. The van der Waals surface area contributed by atoms with Crippen LogP contribution in [0.3, 0.4) is 0 Å². The van der Waals surface area contributed by atoms with E-state index in [0.717, 1.165) is 39.2 Å². The lowest BCUT2D eigenvalue weighted by Crippen LogP contribution is -2.54. The zero-order valence-corrected chi connectivity index (χ0v) is 25.3. The molecule has 0 spiro atoms. The van der Waals surface area contributed by atoms with E-state index in [1.807, 2.05) is 64.1 Å². The number of hydrogen-bond donors (Lipinski definition) is 1. The van der Waals surface area contributed by atoms with Gasteiger partial charge in [0.1, 0.15) is 12.6 Å². The number of sulfonamides is 1. The highest BCUT2D eigenvalue weighted by Crippen LogP contribution is 2.23. The zero-order chi connectivity index (χ0) is 29.4. The van der Waals surface area contributed by atoms with Crippen LogP contribution in [0.2, 0.25) is 5.02 Å². The van der Waals surface area contributed by atoms with E-state index in [0.29, 0.717) is 10.7 Å². The highest BCUT2D eigenvalue weighted by atomic mass is 35.5. The minimum absolute atomic E-state index is 0.0960. The van der Waals surface area contributed by atoms with Crippen LogP contribution in [0.25, 0.3) is 0 Å². The van der Waals surface area contributed by atoms with Crippen molar-refractivity contribution in [1.82, 2.24) is 10.2 Å². The Hall–Kier alpha value is -3.36. The molecule has 0 saturated heterocycles. The maximum absolute atomic E-state index is 14.1. The normalized spacial score (nSPS) is 12.8. The predicted molar refractivity (Wildman–Crippen MR) is 162 cm³/mol. The fourth-order valence-corrected chi connectivity index (χ4v) is 5.24. The van der Waals surface area contributed by atoms with Crippen LogP contribution >= 0.6 is 11.6 Å². The highest BCUT2D eigenvalue weighted by molar-refractivity contribution is 7.92. The Morgan fingerprint density at radius 2 is 1.57 bits per heavy atom. The Kier molecular flexibility index (Phi) is 10.8. The standard InChI is InChI=1S/C31H38ClN3O4S/c1-6-24(4)33-31(37)29(19-25-10-8-7-9-11-25)34(20-26-13-15-27(32)16-14-26)30(36)21-35(40(5,38)39)28-17-12-22(2)23(3)18-28/h7-18,24,29H,6,19-21H2,1-5H3,(H,33,37)/t24-,29-/m0/s1. The van der Waals surface area contributed by atoms with E-state index in [1.54, 1.807) is 36.4 Å². The molecule has 0 aromatic heterocycles. The summed E-state index contributed by atoms with van der Waals surface area (Å²) in [6, 6.07) is 20.8. The minimum Gasteiger partial charge on any atom is -0.352 e. The molecule has 0 aliphatic carbocycles. The number of nitrogens with zero attached hydrogens (tertiary/aromatic N) is 2. The quantitative estimate of drug-likeness (QED) is 0.314. The third kappa shape index (κ3) is 8.57. The van der Waals surface area contributed by atoms with Gasteiger partial charge in [-0.15, -0.1) is 0 Å². The molecule has 0 fully saturated rings. The summed E-state index contributed by atoms with van der Waals surface area (Å²) in [7, 11) is -3.81. The van der Waals surface area contributed by atoms with E-state index in [1.165, 1.54) is 4.90 Å². The number of hydrogen-bond acceptors (Lipinski definition) is 4. The summed E-state index contributed by atoms with van der Waals surface area (Å²) in [6.45, 7) is 7.37. The molecule has 2 amide bonds. The summed E-state index contributed by atoms with van der Waals surface area (Å²) in [5.41, 5.74) is 3.97. The molecule has 3 aromatic rings. The third-order valence-corrected chi connectivity index (χ3v) is 8.39. The van der Waals surface area contributed by atoms with Crippen LogP contribution in [-0.4, -0.2) is 50.0 Å². The molecule has 2 atom stereocenters. The number of amides is 2. The van der Waals surface area contributed by atoms with Crippen molar-refractivity contribution in [3.8, 4) is 0 Å². The van der Waals surface area contributed by atoms with E-state index in [4.69, 9.17) is 11.6 Å². The van der Waals surface area contributed by atoms with E-state index in [2.05, 4.69) is 5.32 Å². The van der Waals surface area contributed by atoms with Crippen molar-refractivity contribution < 1.29 is 18.0 Å². The number of nitrogens with one attached hydrogen (secondary N) is 1. The highest BCUT2D eigenvalue weighted by Gasteiger charge is 2.33. The molecule has 0 unspecified atom stereocenters. The van der Waals surface area contributed by atoms with Gasteiger partial charge in [0.25, 0.3) is 0 Å². The summed E-state index contributed by atoms with van der Waals surface area (Å²) in [6.07, 6.45) is 2.07. The summed E-state index contributed by atoms with van der Waals surface area (Å²) in [5.74, 6) is -0.781. The number of anilines is 1. The molecule has 1 N–H and O–H groups in total. The van der Waals surface area contributed by atoms with Gasteiger partial charge in [0.15, 0.2) is 0 Å². The van der Waals surface area contributed by atoms with Crippen molar-refractivity contribution in [2.75, 3.05) is 17.1 Å². The number of carbonyl (C=O) groups excluding carboxylic acids is 2. The Labute approximate surface area is 243 Å². The molecule has 214 valence electrons. The second-order valence-corrected chi connectivity index (χ2v) is 12.6. The van der Waals surface area contributed by atoms with Gasteiger partial charge in [0.05, 0.1) is 11.9 Å². The van der Waals surface area contributed by atoms with Crippen molar-refractivity contribution in [3.05, 3.63) is 100 Å². The molecule has 0 aliphatic heterocycles. The van der Waals surface area contributed by atoms with Crippen LogP contribution in [0.1, 0.15) is 42.5 Å². The van der Waals surface area contributed by atoms with Crippen molar-refractivity contribution in [2.45, 2.75) is 59.2 Å². The summed E-state index contributed by atoms with van der Waals surface area (Å²) >= 11 is 6.10. The number of carbonyl (C=O) groups is 2. The molecular formula is C31H38ClN3O4S. The van der Waals surface area contributed by atoms with Crippen molar-refractivity contribution in [1.29, 1.82) is 0 Å². The largest absolute Gasteiger partial charge is 0.352 e. The first kappa shape index (κ1) is 31.2. The SMILES string of the molecule is CC[C@H](C)NC(=O)[C@H](Cc1ccccc1)N(Cc1ccc(Cl)cc1)C(=O)CN(c1ccc(C)c(C)c1)S(C)(=O)=O. The summed E-state index contributed by atoms with van der Waals surface area (Å²) < 4.78 is 26.9. The first-order valence-electron chi connectivity index (χ1n) is 13.3. The number of benzene rings is 3. The van der Waals surface area contributed by atoms with Crippen molar-refractivity contribution >= 4 is 39.1 Å². The monoisotopic (exact) mass is 583 g/mol. The Balaban J connectivity index is 2.06. The van der Waals surface area contributed by atoms with E-state index >= 15 is 0 Å². The van der Waals surface area contributed by atoms with E-state index in [-0.39, 0.29) is 24.9 Å². The number of aryl methyl sites for hydroxylation is 2. The lowest BCUT2D eigenvalue weighted by atomic mass is 10.0. The maximum atomic E-state index is 14.1. The fraction of sp³-hybridized carbons (Fsp3) is 0.355. The van der Waals surface area contributed by atoms with Crippen LogP contribution in [-0.2, 0) is 32.6 Å². The van der Waals surface area contributed by atoms with Crippen LogP contribution in [0.5, 0.6) is 0 Å². The van der Waals surface area contributed by atoms with Crippen molar-refractivity contribution in [2.24, 2.45) is 0 Å². The predicted octanol–water partition coefficient (Wildman–Crippen LogP) is 5.28. The Morgan fingerprint density at radius 3 is 2.15 bits per heavy atom. The van der Waals surface area contributed by atoms with Crippen LogP contribution in [0, 0.1) is 13.8 Å². The van der Waals surface area contributed by atoms with Crippen molar-refractivity contribution in [3.63, 3.8) is 0 Å². The second kappa shape index (κ2) is 13.8. The van der Waals surface area contributed by atoms with Gasteiger partial charge < -0.3 is 10.2 Å². The average Bonchev–Trinajstić information content (AvgIpc) is 2.91. The van der Waals surface area contributed by atoms with E-state index in [9.17, 15) is 18.0 Å². The summed E-state index contributed by atoms with van der Waals surface area (Å²) in [4.78, 5) is 29.3. The Morgan fingerprint density at radius 1 is 0.925 bits per heavy atom.